The van der Waals surface area contributed by atoms with Crippen LogP contribution >= 0.6 is 11.6 Å². The number of aliphatic carboxylic acids is 1. The number of rotatable bonds is 6. The molecule has 13 heteroatoms. The summed E-state index contributed by atoms with van der Waals surface area (Å²) in [5.74, 6) is -2.76. The van der Waals surface area contributed by atoms with E-state index in [1.807, 2.05) is 18.2 Å². The number of nitrogens with zero attached hydrogens (tertiary/aromatic N) is 2. The molecule has 1 fully saturated rings. The first-order valence-corrected chi connectivity index (χ1v) is 14.1. The van der Waals surface area contributed by atoms with E-state index in [1.165, 1.54) is 40.2 Å². The maximum absolute atomic E-state index is 12.6. The van der Waals surface area contributed by atoms with Crippen molar-refractivity contribution in [2.45, 2.75) is 54.8 Å². The molecule has 3 N–H and O–H groups in total. The van der Waals surface area contributed by atoms with E-state index in [4.69, 9.17) is 21.5 Å². The van der Waals surface area contributed by atoms with Crippen LogP contribution in [-0.4, -0.2) is 42.0 Å². The summed E-state index contributed by atoms with van der Waals surface area (Å²) < 4.78 is 61.2. The van der Waals surface area contributed by atoms with Crippen LogP contribution in [0.3, 0.4) is 0 Å². The van der Waals surface area contributed by atoms with Crippen LogP contribution < -0.4 is 10.0 Å². The largest absolute Gasteiger partial charge is 0.490 e. The normalized spacial score (nSPS) is 18.3. The molecule has 1 aliphatic carbocycles. The number of fused-ring (bicyclic) bond motifs is 1. The molecule has 0 radical (unpaired) electrons. The van der Waals surface area contributed by atoms with Gasteiger partial charge in [-0.1, -0.05) is 48.4 Å². The van der Waals surface area contributed by atoms with E-state index < -0.39 is 22.2 Å². The van der Waals surface area contributed by atoms with Crippen LogP contribution in [0.1, 0.15) is 47.6 Å². The van der Waals surface area contributed by atoms with E-state index in [2.05, 4.69) is 39.4 Å². The molecule has 39 heavy (non-hydrogen) atoms. The molecular formula is C26H28ClF3N4O4S. The quantitative estimate of drug-likeness (QED) is 0.393. The Morgan fingerprint density at radius 3 is 2.44 bits per heavy atom. The molecule has 1 saturated carbocycles. The fourth-order valence-electron chi connectivity index (χ4n) is 5.09. The summed E-state index contributed by atoms with van der Waals surface area (Å²) in [5, 5.41) is 15.6. The number of nitrogens with one attached hydrogen (secondary N) is 2. The second-order valence-electron chi connectivity index (χ2n) is 9.66. The monoisotopic (exact) mass is 584 g/mol. The van der Waals surface area contributed by atoms with Gasteiger partial charge >= 0.3 is 12.1 Å². The van der Waals surface area contributed by atoms with Crippen molar-refractivity contribution in [2.24, 2.45) is 7.05 Å². The summed E-state index contributed by atoms with van der Waals surface area (Å²) in [4.78, 5) is 9.07. The third kappa shape index (κ3) is 6.46. The maximum atomic E-state index is 12.6. The standard InChI is InChI=1S/C24H27ClN4O2S.C2HF3O2/c1-29-16-21(15-27-29)32(30,31)28-14-17-3-4-18-9-12-26-23(22(18)13-17)24(10-2-11-24)19-5-7-20(25)8-6-19;3-2(4,5)1(6)7/h3-8,13,15-16,23,26,28H,2,9-12,14H2,1H3;(H,6,7). The van der Waals surface area contributed by atoms with Crippen molar-refractivity contribution < 1.29 is 31.5 Å². The van der Waals surface area contributed by atoms with Crippen LogP contribution in [-0.2, 0) is 40.2 Å². The van der Waals surface area contributed by atoms with Gasteiger partial charge in [0.2, 0.25) is 10.0 Å². The minimum absolute atomic E-state index is 0.0492. The van der Waals surface area contributed by atoms with Crippen LogP contribution in [0.25, 0.3) is 0 Å². The van der Waals surface area contributed by atoms with Gasteiger partial charge in [-0.15, -0.1) is 0 Å². The average Bonchev–Trinajstić information content (AvgIpc) is 3.30. The van der Waals surface area contributed by atoms with Gasteiger partial charge in [-0.25, -0.2) is 17.9 Å². The van der Waals surface area contributed by atoms with Gasteiger partial charge in [0.1, 0.15) is 4.90 Å². The van der Waals surface area contributed by atoms with Crippen molar-refractivity contribution in [3.05, 3.63) is 82.1 Å². The highest BCUT2D eigenvalue weighted by Crippen LogP contribution is 2.53. The topological polar surface area (TPSA) is 113 Å². The first-order valence-electron chi connectivity index (χ1n) is 12.2. The number of hydrogen-bond donors (Lipinski definition) is 3. The molecule has 3 aromatic rings. The van der Waals surface area contributed by atoms with Crippen molar-refractivity contribution in [1.82, 2.24) is 19.8 Å². The number of sulfonamides is 1. The number of carbonyl (C=O) groups is 1. The highest BCUT2D eigenvalue weighted by molar-refractivity contribution is 7.89. The molecule has 1 aliphatic heterocycles. The van der Waals surface area contributed by atoms with Crippen LogP contribution in [0.2, 0.25) is 5.02 Å². The summed E-state index contributed by atoms with van der Waals surface area (Å²) in [5.41, 5.74) is 4.95. The second-order valence-corrected chi connectivity index (χ2v) is 11.9. The highest BCUT2D eigenvalue weighted by Gasteiger charge is 2.47. The molecule has 1 unspecified atom stereocenters. The number of alkyl halides is 3. The lowest BCUT2D eigenvalue weighted by Gasteiger charge is -2.50. The number of carboxylic acids is 1. The highest BCUT2D eigenvalue weighted by atomic mass is 35.5. The number of benzene rings is 2. The van der Waals surface area contributed by atoms with Gasteiger partial charge in [-0.3, -0.25) is 4.68 Å². The zero-order chi connectivity index (χ0) is 28.4. The minimum Gasteiger partial charge on any atom is -0.475 e. The van der Waals surface area contributed by atoms with Gasteiger partial charge in [0.25, 0.3) is 0 Å². The van der Waals surface area contributed by atoms with E-state index in [1.54, 1.807) is 7.05 Å². The van der Waals surface area contributed by atoms with E-state index in [9.17, 15) is 21.6 Å². The Bertz CT molecular complexity index is 1440. The molecule has 0 spiro atoms. The van der Waals surface area contributed by atoms with Crippen LogP contribution in [0, 0.1) is 0 Å². The average molecular weight is 585 g/mol. The van der Waals surface area contributed by atoms with Crippen LogP contribution in [0.15, 0.2) is 59.8 Å². The first-order chi connectivity index (χ1) is 18.3. The lowest BCUT2D eigenvalue weighted by atomic mass is 9.58. The summed E-state index contributed by atoms with van der Waals surface area (Å²) in [6, 6.07) is 14.8. The lowest BCUT2D eigenvalue weighted by Crippen LogP contribution is -2.49. The fraction of sp³-hybridized carbons (Fsp3) is 0.385. The summed E-state index contributed by atoms with van der Waals surface area (Å²) in [6.07, 6.45) is 2.22. The molecule has 1 aromatic heterocycles. The third-order valence-corrected chi connectivity index (χ3v) is 8.79. The summed E-state index contributed by atoms with van der Waals surface area (Å²) >= 11 is 6.15. The predicted octanol–water partition coefficient (Wildman–Crippen LogP) is 4.49. The van der Waals surface area contributed by atoms with Crippen molar-refractivity contribution in [3.63, 3.8) is 0 Å². The van der Waals surface area contributed by atoms with Gasteiger partial charge < -0.3 is 10.4 Å². The minimum atomic E-state index is -5.08. The molecule has 2 aliphatic rings. The number of aromatic nitrogens is 2. The number of carboxylic acid groups (broad SMARTS) is 1. The van der Waals surface area contributed by atoms with E-state index in [0.717, 1.165) is 36.4 Å². The van der Waals surface area contributed by atoms with Gasteiger partial charge in [0, 0.05) is 36.3 Å². The fourth-order valence-corrected chi connectivity index (χ4v) is 6.21. The SMILES string of the molecule is Cn1cc(S(=O)(=O)NCc2ccc3c(c2)C(C2(c4ccc(Cl)cc4)CCC2)NCC3)cn1.O=C(O)C(F)(F)F. The number of halogens is 4. The van der Waals surface area contributed by atoms with Crippen molar-refractivity contribution in [2.75, 3.05) is 6.54 Å². The van der Waals surface area contributed by atoms with Crippen LogP contribution in [0.4, 0.5) is 13.2 Å². The van der Waals surface area contributed by atoms with Crippen molar-refractivity contribution in [1.29, 1.82) is 0 Å². The van der Waals surface area contributed by atoms with E-state index in [-0.39, 0.29) is 22.9 Å². The molecule has 0 saturated heterocycles. The molecule has 2 heterocycles. The Hall–Kier alpha value is -2.93. The Kier molecular flexibility index (Phi) is 8.41. The van der Waals surface area contributed by atoms with Gasteiger partial charge in [-0.05, 0) is 60.2 Å². The maximum Gasteiger partial charge on any atom is 0.490 e. The number of hydrogen-bond acceptors (Lipinski definition) is 5. The smallest absolute Gasteiger partial charge is 0.475 e. The van der Waals surface area contributed by atoms with E-state index in [0.29, 0.717) is 0 Å². The molecule has 0 amide bonds. The lowest BCUT2D eigenvalue weighted by molar-refractivity contribution is -0.192. The number of aryl methyl sites for hydroxylation is 1. The first kappa shape index (κ1) is 29.1. The molecule has 0 bridgehead atoms. The predicted molar refractivity (Wildman–Crippen MR) is 139 cm³/mol. The van der Waals surface area contributed by atoms with E-state index >= 15 is 0 Å². The Labute approximate surface area is 229 Å². The zero-order valence-corrected chi connectivity index (χ0v) is 22.6. The Balaban J connectivity index is 0.000000448. The van der Waals surface area contributed by atoms with Gasteiger partial charge in [0.15, 0.2) is 0 Å². The zero-order valence-electron chi connectivity index (χ0n) is 21.0. The Morgan fingerprint density at radius 2 is 1.90 bits per heavy atom. The second kappa shape index (κ2) is 11.3. The van der Waals surface area contributed by atoms with Crippen molar-refractivity contribution >= 4 is 27.6 Å². The Morgan fingerprint density at radius 1 is 1.23 bits per heavy atom. The van der Waals surface area contributed by atoms with Gasteiger partial charge in [0.05, 0.1) is 6.20 Å². The summed E-state index contributed by atoms with van der Waals surface area (Å²) in [7, 11) is -1.90. The molecule has 8 nitrogen and oxygen atoms in total. The van der Waals surface area contributed by atoms with Gasteiger partial charge in [-0.2, -0.15) is 18.3 Å². The summed E-state index contributed by atoms with van der Waals surface area (Å²) in [6.45, 7) is 1.19. The van der Waals surface area contributed by atoms with Crippen LogP contribution in [0.5, 0.6) is 0 Å². The van der Waals surface area contributed by atoms with Crippen molar-refractivity contribution in [3.8, 4) is 0 Å². The molecule has 210 valence electrons. The third-order valence-electron chi connectivity index (χ3n) is 7.18. The molecule has 2 aromatic carbocycles. The molecule has 5 rings (SSSR count). The molecular weight excluding hydrogens is 557 g/mol. The molecule has 1 atom stereocenters.